The van der Waals surface area contributed by atoms with Gasteiger partial charge in [-0.25, -0.2) is 4.98 Å². The van der Waals surface area contributed by atoms with Crippen molar-refractivity contribution in [1.29, 1.82) is 0 Å². The molecule has 0 unspecified atom stereocenters. The number of piperazine rings is 1. The third-order valence-corrected chi connectivity index (χ3v) is 6.40. The number of benzene rings is 2. The molecule has 1 N–H and O–H groups in total. The summed E-state index contributed by atoms with van der Waals surface area (Å²) in [4.78, 5) is 35.0. The van der Waals surface area contributed by atoms with E-state index in [4.69, 9.17) is 25.8 Å². The standard InChI is InChI=1S/C28H31ClN4O5/c1-32-13-15-33(16-14-32)28(35)23(19-37-18-20-7-4-3-5-8-20)31-26(34)22-9-6-12-30-27(22)38-24-11-10-21(29)17-25(24)36-2/h3-12,17,23H,13-16,18-19H2,1-2H3,(H,31,34)/t23-/m1/s1. The lowest BCUT2D eigenvalue weighted by molar-refractivity contribution is -0.136. The number of pyridine rings is 1. The Bertz CT molecular complexity index is 1230. The van der Waals surface area contributed by atoms with Crippen molar-refractivity contribution in [3.8, 4) is 17.4 Å². The fourth-order valence-corrected chi connectivity index (χ4v) is 4.16. The molecule has 0 radical (unpaired) electrons. The van der Waals surface area contributed by atoms with E-state index in [-0.39, 0.29) is 24.0 Å². The van der Waals surface area contributed by atoms with Crippen LogP contribution < -0.4 is 14.8 Å². The first-order valence-corrected chi connectivity index (χ1v) is 12.7. The number of likely N-dealkylation sites (N-methyl/N-ethyl adjacent to an activating group) is 1. The van der Waals surface area contributed by atoms with Gasteiger partial charge in [0.25, 0.3) is 5.91 Å². The minimum Gasteiger partial charge on any atom is -0.493 e. The summed E-state index contributed by atoms with van der Waals surface area (Å²) in [6, 6.07) is 16.9. The van der Waals surface area contributed by atoms with Gasteiger partial charge in [-0.3, -0.25) is 9.59 Å². The van der Waals surface area contributed by atoms with Crippen LogP contribution in [0.15, 0.2) is 66.9 Å². The van der Waals surface area contributed by atoms with Crippen molar-refractivity contribution < 1.29 is 23.8 Å². The highest BCUT2D eigenvalue weighted by atomic mass is 35.5. The van der Waals surface area contributed by atoms with E-state index in [1.54, 1.807) is 35.2 Å². The van der Waals surface area contributed by atoms with Crippen molar-refractivity contribution >= 4 is 23.4 Å². The van der Waals surface area contributed by atoms with Crippen molar-refractivity contribution in [2.45, 2.75) is 12.6 Å². The summed E-state index contributed by atoms with van der Waals surface area (Å²) in [7, 11) is 3.51. The molecule has 38 heavy (non-hydrogen) atoms. The number of nitrogens with zero attached hydrogens (tertiary/aromatic N) is 3. The van der Waals surface area contributed by atoms with Crippen molar-refractivity contribution in [2.75, 3.05) is 46.9 Å². The molecule has 0 aliphatic carbocycles. The summed E-state index contributed by atoms with van der Waals surface area (Å²) >= 11 is 6.05. The molecule has 3 aromatic rings. The fourth-order valence-electron chi connectivity index (χ4n) is 4.00. The second kappa shape index (κ2) is 13.2. The van der Waals surface area contributed by atoms with Crippen LogP contribution >= 0.6 is 11.6 Å². The van der Waals surface area contributed by atoms with E-state index >= 15 is 0 Å². The van der Waals surface area contributed by atoms with Crippen LogP contribution in [0.4, 0.5) is 0 Å². The summed E-state index contributed by atoms with van der Waals surface area (Å²) in [5, 5.41) is 3.33. The van der Waals surface area contributed by atoms with Crippen LogP contribution in [0.3, 0.4) is 0 Å². The van der Waals surface area contributed by atoms with E-state index < -0.39 is 11.9 Å². The van der Waals surface area contributed by atoms with E-state index in [1.807, 2.05) is 37.4 Å². The number of amides is 2. The second-order valence-corrected chi connectivity index (χ2v) is 9.35. The summed E-state index contributed by atoms with van der Waals surface area (Å²) in [6.45, 7) is 3.03. The molecule has 1 saturated heterocycles. The van der Waals surface area contributed by atoms with Crippen LogP contribution in [0.5, 0.6) is 17.4 Å². The first kappa shape index (κ1) is 27.4. The van der Waals surface area contributed by atoms with E-state index in [0.717, 1.165) is 18.7 Å². The Morgan fingerprint density at radius 3 is 2.53 bits per heavy atom. The molecular formula is C28H31ClN4O5. The summed E-state index contributed by atoms with van der Waals surface area (Å²) in [5.41, 5.74) is 1.15. The third kappa shape index (κ3) is 7.22. The number of halogens is 1. The van der Waals surface area contributed by atoms with E-state index in [0.29, 0.717) is 36.2 Å². The number of rotatable bonds is 10. The summed E-state index contributed by atoms with van der Waals surface area (Å²) in [5.74, 6) is 0.122. The van der Waals surface area contributed by atoms with Crippen LogP contribution in [0.1, 0.15) is 15.9 Å². The smallest absolute Gasteiger partial charge is 0.257 e. The molecule has 0 saturated carbocycles. The van der Waals surface area contributed by atoms with Crippen LogP contribution in [-0.2, 0) is 16.1 Å². The highest BCUT2D eigenvalue weighted by Crippen LogP contribution is 2.34. The van der Waals surface area contributed by atoms with Gasteiger partial charge in [-0.15, -0.1) is 0 Å². The first-order valence-electron chi connectivity index (χ1n) is 12.3. The van der Waals surface area contributed by atoms with Crippen molar-refractivity contribution in [2.24, 2.45) is 0 Å². The number of methoxy groups -OCH3 is 1. The minimum atomic E-state index is -0.882. The van der Waals surface area contributed by atoms with Gasteiger partial charge in [0.1, 0.15) is 11.6 Å². The maximum atomic E-state index is 13.4. The molecule has 9 nitrogen and oxygen atoms in total. The molecule has 0 spiro atoms. The molecule has 200 valence electrons. The third-order valence-electron chi connectivity index (χ3n) is 6.16. The Morgan fingerprint density at radius 1 is 1.03 bits per heavy atom. The number of hydrogen-bond donors (Lipinski definition) is 1. The predicted molar refractivity (Wildman–Crippen MR) is 144 cm³/mol. The average molecular weight is 539 g/mol. The van der Waals surface area contributed by atoms with E-state index in [1.165, 1.54) is 13.3 Å². The van der Waals surface area contributed by atoms with Crippen molar-refractivity contribution in [3.05, 3.63) is 83.0 Å². The molecule has 1 atom stereocenters. The molecule has 1 fully saturated rings. The number of nitrogens with one attached hydrogen (secondary N) is 1. The van der Waals surface area contributed by atoms with Gasteiger partial charge in [-0.2, -0.15) is 0 Å². The van der Waals surface area contributed by atoms with Crippen LogP contribution in [0.2, 0.25) is 5.02 Å². The molecular weight excluding hydrogens is 508 g/mol. The number of carbonyl (C=O) groups is 2. The largest absolute Gasteiger partial charge is 0.493 e. The van der Waals surface area contributed by atoms with Gasteiger partial charge in [0.05, 0.1) is 20.3 Å². The Labute approximate surface area is 227 Å². The number of ether oxygens (including phenoxy) is 3. The quantitative estimate of drug-likeness (QED) is 0.421. The fraction of sp³-hybridized carbons (Fsp3) is 0.321. The maximum Gasteiger partial charge on any atom is 0.257 e. The lowest BCUT2D eigenvalue weighted by Gasteiger charge is -2.34. The monoisotopic (exact) mass is 538 g/mol. The maximum absolute atomic E-state index is 13.4. The van der Waals surface area contributed by atoms with Gasteiger partial charge in [0.2, 0.25) is 11.8 Å². The molecule has 1 aromatic heterocycles. The first-order chi connectivity index (χ1) is 18.4. The Balaban J connectivity index is 1.51. The molecule has 1 aliphatic rings. The molecule has 2 amide bonds. The Morgan fingerprint density at radius 2 is 1.79 bits per heavy atom. The molecule has 4 rings (SSSR count). The van der Waals surface area contributed by atoms with Crippen molar-refractivity contribution in [1.82, 2.24) is 20.1 Å². The molecule has 2 aromatic carbocycles. The summed E-state index contributed by atoms with van der Waals surface area (Å²) in [6.07, 6.45) is 1.52. The normalized spacial score (nSPS) is 14.6. The Kier molecular flexibility index (Phi) is 9.53. The zero-order valence-corrected chi connectivity index (χ0v) is 22.2. The van der Waals surface area contributed by atoms with Gasteiger partial charge >= 0.3 is 0 Å². The number of carbonyl (C=O) groups excluding carboxylic acids is 2. The van der Waals surface area contributed by atoms with Gasteiger partial charge in [0.15, 0.2) is 11.5 Å². The van der Waals surface area contributed by atoms with Crippen LogP contribution in [-0.4, -0.2) is 79.6 Å². The zero-order chi connectivity index (χ0) is 26.9. The highest BCUT2D eigenvalue weighted by Gasteiger charge is 2.29. The SMILES string of the molecule is COc1cc(Cl)ccc1Oc1ncccc1C(=O)N[C@H](COCc1ccccc1)C(=O)N1CCN(C)CC1. The number of hydrogen-bond acceptors (Lipinski definition) is 7. The molecule has 10 heteroatoms. The van der Waals surface area contributed by atoms with Crippen LogP contribution in [0.25, 0.3) is 0 Å². The number of aromatic nitrogens is 1. The van der Waals surface area contributed by atoms with Crippen molar-refractivity contribution in [3.63, 3.8) is 0 Å². The van der Waals surface area contributed by atoms with Gasteiger partial charge in [0, 0.05) is 43.5 Å². The Hall–Kier alpha value is -3.66. The van der Waals surface area contributed by atoms with Crippen LogP contribution in [0, 0.1) is 0 Å². The lowest BCUT2D eigenvalue weighted by atomic mass is 10.2. The van der Waals surface area contributed by atoms with Gasteiger partial charge in [-0.1, -0.05) is 41.9 Å². The molecule has 1 aliphatic heterocycles. The zero-order valence-electron chi connectivity index (χ0n) is 21.4. The van der Waals surface area contributed by atoms with E-state index in [2.05, 4.69) is 15.2 Å². The predicted octanol–water partition coefficient (Wildman–Crippen LogP) is 3.63. The lowest BCUT2D eigenvalue weighted by Crippen LogP contribution is -2.55. The molecule has 0 bridgehead atoms. The topological polar surface area (TPSA) is 93.2 Å². The minimum absolute atomic E-state index is 0.0211. The average Bonchev–Trinajstić information content (AvgIpc) is 2.94. The van der Waals surface area contributed by atoms with Gasteiger partial charge < -0.3 is 29.3 Å². The highest BCUT2D eigenvalue weighted by molar-refractivity contribution is 6.30. The molecule has 2 heterocycles. The second-order valence-electron chi connectivity index (χ2n) is 8.91. The van der Waals surface area contributed by atoms with E-state index in [9.17, 15) is 9.59 Å². The van der Waals surface area contributed by atoms with Gasteiger partial charge in [-0.05, 0) is 36.9 Å². The summed E-state index contributed by atoms with van der Waals surface area (Å²) < 4.78 is 17.1.